The molecule has 0 saturated heterocycles. The lowest BCUT2D eigenvalue weighted by Gasteiger charge is -2.03. The third-order valence-electron chi connectivity index (χ3n) is 2.33. The molecule has 94 valence electrons. The van der Waals surface area contributed by atoms with Gasteiger partial charge in [0.15, 0.2) is 0 Å². The minimum Gasteiger partial charge on any atom is -0.324 e. The van der Waals surface area contributed by atoms with Gasteiger partial charge in [0, 0.05) is 4.88 Å². The van der Waals surface area contributed by atoms with Gasteiger partial charge in [-0.25, -0.2) is 9.97 Å². The summed E-state index contributed by atoms with van der Waals surface area (Å²) in [5.74, 6) is -0.0779. The zero-order valence-corrected chi connectivity index (χ0v) is 11.6. The molecule has 0 aromatic carbocycles. The number of nitrogens with one attached hydrogen (secondary N) is 1. The van der Waals surface area contributed by atoms with E-state index in [0.717, 1.165) is 15.6 Å². The quantitative estimate of drug-likeness (QED) is 0.880. The van der Waals surface area contributed by atoms with Gasteiger partial charge in [-0.1, -0.05) is 11.6 Å². The first-order valence-electron chi connectivity index (χ1n) is 5.39. The maximum Gasteiger partial charge on any atom is 0.229 e. The largest absolute Gasteiger partial charge is 0.324 e. The number of rotatable bonds is 3. The van der Waals surface area contributed by atoms with Crippen LogP contribution in [0.1, 0.15) is 15.6 Å². The van der Waals surface area contributed by atoms with Gasteiger partial charge in [0.2, 0.25) is 5.91 Å². The number of aryl methyl sites for hydroxylation is 2. The second kappa shape index (κ2) is 5.46. The summed E-state index contributed by atoms with van der Waals surface area (Å²) in [5.41, 5.74) is 1.56. The SMILES string of the molecule is Cc1nc(C)c(CC(=O)Nc2ccc(Cl)nc2)s1. The Hall–Kier alpha value is -1.46. The number of thiazole rings is 1. The van der Waals surface area contributed by atoms with E-state index in [1.807, 2.05) is 13.8 Å². The average molecular weight is 282 g/mol. The van der Waals surface area contributed by atoms with Crippen LogP contribution in [0.3, 0.4) is 0 Å². The molecule has 0 bridgehead atoms. The molecule has 0 fully saturated rings. The summed E-state index contributed by atoms with van der Waals surface area (Å²) in [5, 5.41) is 4.15. The van der Waals surface area contributed by atoms with Gasteiger partial charge in [0.1, 0.15) is 5.15 Å². The van der Waals surface area contributed by atoms with E-state index in [1.54, 1.807) is 23.5 Å². The Balaban J connectivity index is 2.01. The summed E-state index contributed by atoms with van der Waals surface area (Å²) in [6, 6.07) is 3.36. The molecule has 1 N–H and O–H groups in total. The molecule has 2 aromatic heterocycles. The molecule has 0 aliphatic rings. The number of aromatic nitrogens is 2. The van der Waals surface area contributed by atoms with Gasteiger partial charge in [-0.15, -0.1) is 11.3 Å². The van der Waals surface area contributed by atoms with Crippen LogP contribution in [0.25, 0.3) is 0 Å². The fourth-order valence-corrected chi connectivity index (χ4v) is 2.59. The lowest BCUT2D eigenvalue weighted by molar-refractivity contribution is -0.115. The number of carbonyl (C=O) groups is 1. The number of anilines is 1. The van der Waals surface area contributed by atoms with E-state index in [1.165, 1.54) is 6.20 Å². The van der Waals surface area contributed by atoms with Crippen molar-refractivity contribution in [2.24, 2.45) is 0 Å². The summed E-state index contributed by atoms with van der Waals surface area (Å²) in [4.78, 5) is 21.0. The Morgan fingerprint density at radius 2 is 2.22 bits per heavy atom. The molecule has 2 heterocycles. The molecule has 0 aliphatic heterocycles. The van der Waals surface area contributed by atoms with Crippen molar-refractivity contribution in [2.75, 3.05) is 5.32 Å². The third kappa shape index (κ3) is 3.27. The zero-order valence-electron chi connectivity index (χ0n) is 10.0. The van der Waals surface area contributed by atoms with Crippen LogP contribution in [0.4, 0.5) is 5.69 Å². The highest BCUT2D eigenvalue weighted by atomic mass is 35.5. The highest BCUT2D eigenvalue weighted by molar-refractivity contribution is 7.11. The summed E-state index contributed by atoms with van der Waals surface area (Å²) < 4.78 is 0. The molecule has 4 nitrogen and oxygen atoms in total. The summed E-state index contributed by atoms with van der Waals surface area (Å²) >= 11 is 7.22. The van der Waals surface area contributed by atoms with Crippen molar-refractivity contribution in [2.45, 2.75) is 20.3 Å². The molecule has 18 heavy (non-hydrogen) atoms. The van der Waals surface area contributed by atoms with Crippen LogP contribution in [0.5, 0.6) is 0 Å². The number of hydrogen-bond donors (Lipinski definition) is 1. The van der Waals surface area contributed by atoms with Crippen LogP contribution in [-0.4, -0.2) is 15.9 Å². The third-order valence-corrected chi connectivity index (χ3v) is 3.63. The van der Waals surface area contributed by atoms with Crippen molar-refractivity contribution < 1.29 is 4.79 Å². The minimum absolute atomic E-state index is 0.0779. The predicted octanol–water partition coefficient (Wildman–Crippen LogP) is 2.99. The molecule has 0 atom stereocenters. The first-order valence-corrected chi connectivity index (χ1v) is 6.58. The smallest absolute Gasteiger partial charge is 0.229 e. The van der Waals surface area contributed by atoms with Crippen LogP contribution in [0, 0.1) is 13.8 Å². The predicted molar refractivity (Wildman–Crippen MR) is 73.2 cm³/mol. The van der Waals surface area contributed by atoms with Crippen molar-refractivity contribution in [3.63, 3.8) is 0 Å². The van der Waals surface area contributed by atoms with Gasteiger partial charge in [0.25, 0.3) is 0 Å². The topological polar surface area (TPSA) is 54.9 Å². The van der Waals surface area contributed by atoms with Crippen LogP contribution in [0.15, 0.2) is 18.3 Å². The number of nitrogens with zero attached hydrogens (tertiary/aromatic N) is 2. The van der Waals surface area contributed by atoms with E-state index in [9.17, 15) is 4.79 Å². The molecule has 0 spiro atoms. The van der Waals surface area contributed by atoms with E-state index in [4.69, 9.17) is 11.6 Å². The van der Waals surface area contributed by atoms with E-state index in [-0.39, 0.29) is 5.91 Å². The first-order chi connectivity index (χ1) is 8.54. The lowest BCUT2D eigenvalue weighted by Crippen LogP contribution is -2.14. The highest BCUT2D eigenvalue weighted by Gasteiger charge is 2.10. The molecule has 2 rings (SSSR count). The monoisotopic (exact) mass is 281 g/mol. The Morgan fingerprint density at radius 3 is 2.78 bits per heavy atom. The molecule has 0 aliphatic carbocycles. The molecule has 0 radical (unpaired) electrons. The van der Waals surface area contributed by atoms with Gasteiger partial charge >= 0.3 is 0 Å². The highest BCUT2D eigenvalue weighted by Crippen LogP contribution is 2.18. The minimum atomic E-state index is -0.0779. The van der Waals surface area contributed by atoms with Gasteiger partial charge in [-0.2, -0.15) is 0 Å². The van der Waals surface area contributed by atoms with Crippen LogP contribution in [-0.2, 0) is 11.2 Å². The second-order valence-electron chi connectivity index (χ2n) is 3.84. The molecule has 2 aromatic rings. The van der Waals surface area contributed by atoms with E-state index in [0.29, 0.717) is 17.3 Å². The maximum absolute atomic E-state index is 11.8. The summed E-state index contributed by atoms with van der Waals surface area (Å²) in [6.45, 7) is 3.85. The fraction of sp³-hybridized carbons (Fsp3) is 0.250. The van der Waals surface area contributed by atoms with E-state index >= 15 is 0 Å². The summed E-state index contributed by atoms with van der Waals surface area (Å²) in [7, 11) is 0. The molecular weight excluding hydrogens is 270 g/mol. The Kier molecular flexibility index (Phi) is 3.93. The Morgan fingerprint density at radius 1 is 1.44 bits per heavy atom. The van der Waals surface area contributed by atoms with Crippen molar-refractivity contribution in [3.05, 3.63) is 39.1 Å². The van der Waals surface area contributed by atoms with Crippen molar-refractivity contribution >= 4 is 34.5 Å². The number of amides is 1. The van der Waals surface area contributed by atoms with Crippen LogP contribution < -0.4 is 5.32 Å². The van der Waals surface area contributed by atoms with Crippen molar-refractivity contribution in [1.29, 1.82) is 0 Å². The number of hydrogen-bond acceptors (Lipinski definition) is 4. The van der Waals surface area contributed by atoms with Gasteiger partial charge < -0.3 is 5.32 Å². The average Bonchev–Trinajstić information content (AvgIpc) is 2.61. The number of halogens is 1. The zero-order chi connectivity index (χ0) is 13.1. The molecule has 0 unspecified atom stereocenters. The normalized spacial score (nSPS) is 10.4. The summed E-state index contributed by atoms with van der Waals surface area (Å²) in [6.07, 6.45) is 1.87. The maximum atomic E-state index is 11.8. The fourth-order valence-electron chi connectivity index (χ4n) is 1.54. The van der Waals surface area contributed by atoms with Crippen molar-refractivity contribution in [1.82, 2.24) is 9.97 Å². The molecule has 6 heteroatoms. The molecule has 1 amide bonds. The Labute approximate surface area is 114 Å². The second-order valence-corrected chi connectivity index (χ2v) is 5.51. The lowest BCUT2D eigenvalue weighted by atomic mass is 10.3. The standard InChI is InChI=1S/C12H12ClN3OS/c1-7-10(18-8(2)15-7)5-12(17)16-9-3-4-11(13)14-6-9/h3-4,6H,5H2,1-2H3,(H,16,17). The first kappa shape index (κ1) is 13.0. The molecular formula is C12H12ClN3OS. The van der Waals surface area contributed by atoms with Crippen molar-refractivity contribution in [3.8, 4) is 0 Å². The molecule has 0 saturated carbocycles. The van der Waals surface area contributed by atoms with Crippen LogP contribution >= 0.6 is 22.9 Å². The Bertz CT molecular complexity index is 565. The number of pyridine rings is 1. The van der Waals surface area contributed by atoms with Gasteiger partial charge in [-0.05, 0) is 26.0 Å². The van der Waals surface area contributed by atoms with Gasteiger partial charge in [-0.3, -0.25) is 4.79 Å². The number of carbonyl (C=O) groups excluding carboxylic acids is 1. The van der Waals surface area contributed by atoms with Crippen LogP contribution in [0.2, 0.25) is 5.15 Å². The van der Waals surface area contributed by atoms with E-state index in [2.05, 4.69) is 15.3 Å². The van der Waals surface area contributed by atoms with E-state index < -0.39 is 0 Å². The van der Waals surface area contributed by atoms with Gasteiger partial charge in [0.05, 0.1) is 29.0 Å².